The molecule has 116 valence electrons. The van der Waals surface area contributed by atoms with Crippen LogP contribution < -0.4 is 5.69 Å². The number of H-pyrrole nitrogens is 1. The minimum absolute atomic E-state index is 0.0108. The molecule has 0 saturated heterocycles. The fourth-order valence-electron chi connectivity index (χ4n) is 1.90. The minimum Gasteiger partial charge on any atom is -0.478 e. The third kappa shape index (κ3) is 3.27. The Bertz CT molecular complexity index is 923. The Morgan fingerprint density at radius 2 is 2.00 bits per heavy atom. The number of pyridine rings is 1. The van der Waals surface area contributed by atoms with Crippen molar-refractivity contribution in [3.05, 3.63) is 63.7 Å². The monoisotopic (exact) mass is 348 g/mol. The van der Waals surface area contributed by atoms with Gasteiger partial charge in [-0.3, -0.25) is 0 Å². The van der Waals surface area contributed by atoms with E-state index in [0.29, 0.717) is 15.9 Å². The van der Waals surface area contributed by atoms with Crippen molar-refractivity contribution in [2.75, 3.05) is 0 Å². The van der Waals surface area contributed by atoms with Crippen LogP contribution in [0.5, 0.6) is 0 Å². The zero-order chi connectivity index (χ0) is 16.4. The molecule has 0 spiro atoms. The number of aromatic nitrogens is 4. The highest BCUT2D eigenvalue weighted by molar-refractivity contribution is 7.99. The second-order valence-corrected chi connectivity index (χ2v) is 5.78. The number of nitrogens with zero attached hydrogens (tertiary/aromatic N) is 3. The Labute approximate surface area is 139 Å². The van der Waals surface area contributed by atoms with Gasteiger partial charge in [0.25, 0.3) is 0 Å². The molecule has 2 heterocycles. The number of aromatic amines is 1. The van der Waals surface area contributed by atoms with Crippen molar-refractivity contribution in [2.45, 2.75) is 10.2 Å². The first-order valence-electron chi connectivity index (χ1n) is 6.36. The van der Waals surface area contributed by atoms with Crippen molar-refractivity contribution < 1.29 is 9.90 Å². The molecule has 0 unspecified atom stereocenters. The topological polar surface area (TPSA) is 101 Å². The Balaban J connectivity index is 2.02. The van der Waals surface area contributed by atoms with E-state index in [1.54, 1.807) is 24.3 Å². The zero-order valence-electron chi connectivity index (χ0n) is 11.4. The van der Waals surface area contributed by atoms with Crippen molar-refractivity contribution in [2.24, 2.45) is 0 Å². The van der Waals surface area contributed by atoms with E-state index < -0.39 is 11.7 Å². The van der Waals surface area contributed by atoms with Gasteiger partial charge in [0.2, 0.25) is 5.16 Å². The van der Waals surface area contributed by atoms with Crippen LogP contribution in [0.15, 0.2) is 57.4 Å². The van der Waals surface area contributed by atoms with Gasteiger partial charge < -0.3 is 5.11 Å². The number of rotatable bonds is 4. The van der Waals surface area contributed by atoms with Crippen LogP contribution in [0.2, 0.25) is 5.15 Å². The number of carboxylic acids is 1. The van der Waals surface area contributed by atoms with Crippen molar-refractivity contribution in [3.8, 4) is 5.69 Å². The van der Waals surface area contributed by atoms with Gasteiger partial charge >= 0.3 is 11.7 Å². The summed E-state index contributed by atoms with van der Waals surface area (Å²) in [5.41, 5.74) is 0.241. The average molecular weight is 349 g/mol. The minimum atomic E-state index is -1.11. The van der Waals surface area contributed by atoms with Crippen LogP contribution in [0.25, 0.3) is 5.69 Å². The molecule has 9 heteroatoms. The molecule has 0 aliphatic carbocycles. The Kier molecular flexibility index (Phi) is 4.18. The van der Waals surface area contributed by atoms with E-state index in [1.165, 1.54) is 16.7 Å². The lowest BCUT2D eigenvalue weighted by Crippen LogP contribution is -2.15. The number of nitrogens with one attached hydrogen (secondary N) is 1. The number of carbonyl (C=O) groups is 1. The van der Waals surface area contributed by atoms with Gasteiger partial charge in [-0.2, -0.15) is 0 Å². The number of carboxylic acid groups (broad SMARTS) is 1. The second-order valence-electron chi connectivity index (χ2n) is 4.41. The molecule has 2 aromatic heterocycles. The van der Waals surface area contributed by atoms with Crippen molar-refractivity contribution >= 4 is 29.3 Å². The van der Waals surface area contributed by atoms with Gasteiger partial charge in [-0.1, -0.05) is 29.8 Å². The number of para-hydroxylation sites is 1. The zero-order valence-corrected chi connectivity index (χ0v) is 13.0. The summed E-state index contributed by atoms with van der Waals surface area (Å²) in [4.78, 5) is 27.1. The number of halogens is 1. The summed E-state index contributed by atoms with van der Waals surface area (Å²) in [5, 5.41) is 16.1. The van der Waals surface area contributed by atoms with Gasteiger partial charge in [0.1, 0.15) is 10.2 Å². The Morgan fingerprint density at radius 1 is 1.26 bits per heavy atom. The lowest BCUT2D eigenvalue weighted by molar-refractivity contribution is 0.0696. The molecule has 0 radical (unpaired) electrons. The summed E-state index contributed by atoms with van der Waals surface area (Å²) in [6.07, 6.45) is 0. The van der Waals surface area contributed by atoms with Gasteiger partial charge in [-0.25, -0.2) is 24.2 Å². The standard InChI is InChI=1S/C14H9ClN4O3S/c15-10-6-8(12(20)21)7-11(16-10)23-14-18-17-13(22)19(14)9-4-2-1-3-5-9/h1-7H,(H,17,22)(H,20,21). The van der Waals surface area contributed by atoms with E-state index in [-0.39, 0.29) is 10.7 Å². The normalized spacial score (nSPS) is 10.7. The molecule has 2 N–H and O–H groups in total. The number of aromatic carboxylic acids is 1. The quantitative estimate of drug-likeness (QED) is 0.702. The SMILES string of the molecule is O=C(O)c1cc(Cl)nc(Sc2n[nH]c(=O)n2-c2ccccc2)c1. The molecular weight excluding hydrogens is 340 g/mol. The van der Waals surface area contributed by atoms with E-state index in [2.05, 4.69) is 15.2 Å². The number of hydrogen-bond acceptors (Lipinski definition) is 5. The van der Waals surface area contributed by atoms with Gasteiger partial charge in [0.05, 0.1) is 11.3 Å². The van der Waals surface area contributed by atoms with Gasteiger partial charge in [0, 0.05) is 0 Å². The third-order valence-electron chi connectivity index (χ3n) is 2.87. The molecule has 3 aromatic rings. The second kappa shape index (κ2) is 6.27. The van der Waals surface area contributed by atoms with Gasteiger partial charge in [-0.05, 0) is 36.0 Å². The molecule has 7 nitrogen and oxygen atoms in total. The lowest BCUT2D eigenvalue weighted by atomic mass is 10.3. The van der Waals surface area contributed by atoms with E-state index in [0.717, 1.165) is 11.8 Å². The highest BCUT2D eigenvalue weighted by atomic mass is 35.5. The first-order chi connectivity index (χ1) is 11.0. The summed E-state index contributed by atoms with van der Waals surface area (Å²) in [6.45, 7) is 0. The maximum atomic E-state index is 12.0. The van der Waals surface area contributed by atoms with Crippen LogP contribution in [0.3, 0.4) is 0 Å². The summed E-state index contributed by atoms with van der Waals surface area (Å²) >= 11 is 6.88. The number of hydrogen-bond donors (Lipinski definition) is 2. The summed E-state index contributed by atoms with van der Waals surface area (Å²) in [5.74, 6) is -1.11. The Morgan fingerprint density at radius 3 is 2.70 bits per heavy atom. The van der Waals surface area contributed by atoms with Crippen molar-refractivity contribution in [1.29, 1.82) is 0 Å². The molecule has 0 aliphatic rings. The van der Waals surface area contributed by atoms with Crippen LogP contribution in [-0.2, 0) is 0 Å². The van der Waals surface area contributed by atoms with Crippen LogP contribution >= 0.6 is 23.4 Å². The predicted molar refractivity (Wildman–Crippen MR) is 84.5 cm³/mol. The van der Waals surface area contributed by atoms with E-state index >= 15 is 0 Å². The summed E-state index contributed by atoms with van der Waals surface area (Å²) < 4.78 is 1.37. The molecule has 0 bridgehead atoms. The molecule has 0 saturated carbocycles. The largest absolute Gasteiger partial charge is 0.478 e. The molecular formula is C14H9ClN4O3S. The average Bonchev–Trinajstić information content (AvgIpc) is 2.88. The maximum Gasteiger partial charge on any atom is 0.348 e. The maximum absolute atomic E-state index is 12.0. The van der Waals surface area contributed by atoms with Crippen LogP contribution in [-0.4, -0.2) is 30.8 Å². The summed E-state index contributed by atoms with van der Waals surface area (Å²) in [7, 11) is 0. The molecule has 0 atom stereocenters. The summed E-state index contributed by atoms with van der Waals surface area (Å²) in [6, 6.07) is 11.6. The smallest absolute Gasteiger partial charge is 0.348 e. The molecule has 0 amide bonds. The highest BCUT2D eigenvalue weighted by Crippen LogP contribution is 2.27. The predicted octanol–water partition coefficient (Wildman–Crippen LogP) is 2.46. The van der Waals surface area contributed by atoms with Crippen LogP contribution in [0.1, 0.15) is 10.4 Å². The first kappa shape index (κ1) is 15.3. The fourth-order valence-corrected chi connectivity index (χ4v) is 3.04. The number of benzene rings is 1. The van der Waals surface area contributed by atoms with Crippen molar-refractivity contribution in [1.82, 2.24) is 19.7 Å². The Hall–Kier alpha value is -2.58. The molecule has 1 aromatic carbocycles. The molecule has 0 fully saturated rings. The van der Waals surface area contributed by atoms with Gasteiger partial charge in [-0.15, -0.1) is 5.10 Å². The molecule has 0 aliphatic heterocycles. The molecule has 23 heavy (non-hydrogen) atoms. The molecule has 3 rings (SSSR count). The van der Waals surface area contributed by atoms with E-state index in [4.69, 9.17) is 16.7 Å². The third-order valence-corrected chi connectivity index (χ3v) is 3.94. The van der Waals surface area contributed by atoms with Crippen molar-refractivity contribution in [3.63, 3.8) is 0 Å². The lowest BCUT2D eigenvalue weighted by Gasteiger charge is -2.05. The first-order valence-corrected chi connectivity index (χ1v) is 7.55. The van der Waals surface area contributed by atoms with Gasteiger partial charge in [0.15, 0.2) is 0 Å². The highest BCUT2D eigenvalue weighted by Gasteiger charge is 2.15. The van der Waals surface area contributed by atoms with E-state index in [1.807, 2.05) is 6.07 Å². The van der Waals surface area contributed by atoms with E-state index in [9.17, 15) is 9.59 Å². The van der Waals surface area contributed by atoms with Crippen LogP contribution in [0, 0.1) is 0 Å². The van der Waals surface area contributed by atoms with Crippen LogP contribution in [0.4, 0.5) is 0 Å². The fraction of sp³-hybridized carbons (Fsp3) is 0.